The van der Waals surface area contributed by atoms with Gasteiger partial charge in [-0.3, -0.25) is 4.79 Å². The van der Waals surface area contributed by atoms with Crippen LogP contribution in [0.25, 0.3) is 0 Å². The first-order valence-corrected chi connectivity index (χ1v) is 18.5. The van der Waals surface area contributed by atoms with Gasteiger partial charge >= 0.3 is 5.97 Å². The summed E-state index contributed by atoms with van der Waals surface area (Å²) in [5.41, 5.74) is -2.21. The van der Waals surface area contributed by atoms with Gasteiger partial charge in [0.2, 0.25) is 0 Å². The van der Waals surface area contributed by atoms with Gasteiger partial charge in [0.1, 0.15) is 17.8 Å². The fourth-order valence-electron chi connectivity index (χ4n) is 9.06. The Hall–Kier alpha value is -0.930. The smallest absolute Gasteiger partial charge is 0.311 e. The van der Waals surface area contributed by atoms with Gasteiger partial charge in [-0.2, -0.15) is 0 Å². The van der Waals surface area contributed by atoms with Crippen molar-refractivity contribution in [3.63, 3.8) is 0 Å². The van der Waals surface area contributed by atoms with Crippen LogP contribution in [0, 0.1) is 29.6 Å². The molecule has 12 heteroatoms. The second-order valence-electron chi connectivity index (χ2n) is 16.5. The Morgan fingerprint density at radius 3 is 2.12 bits per heavy atom. The highest BCUT2D eigenvalue weighted by molar-refractivity contribution is 5.73. The van der Waals surface area contributed by atoms with Crippen LogP contribution in [0.15, 0.2) is 0 Å². The van der Waals surface area contributed by atoms with Crippen molar-refractivity contribution in [3.8, 4) is 0 Å². The third-order valence-electron chi connectivity index (χ3n) is 12.2. The lowest BCUT2D eigenvalue weighted by molar-refractivity contribution is -0.315. The first kappa shape index (κ1) is 40.8. The topological polar surface area (TPSA) is 146 Å². The van der Waals surface area contributed by atoms with Crippen molar-refractivity contribution in [1.82, 2.24) is 4.90 Å². The molecule has 5 fully saturated rings. The molecule has 49 heavy (non-hydrogen) atoms. The number of methoxy groups -OCH3 is 1. The summed E-state index contributed by atoms with van der Waals surface area (Å²) in [5, 5.41) is 34.1. The molecule has 286 valence electrons. The van der Waals surface area contributed by atoms with Gasteiger partial charge < -0.3 is 53.4 Å². The van der Waals surface area contributed by atoms with Crippen LogP contribution < -0.4 is 0 Å². The molecule has 0 amide bonds. The van der Waals surface area contributed by atoms with Crippen molar-refractivity contribution in [2.24, 2.45) is 29.6 Å². The zero-order chi connectivity index (χ0) is 36.7. The average molecular weight is 702 g/mol. The van der Waals surface area contributed by atoms with Crippen LogP contribution in [-0.2, 0) is 38.0 Å². The van der Waals surface area contributed by atoms with E-state index in [-0.39, 0.29) is 48.7 Å². The van der Waals surface area contributed by atoms with Crippen LogP contribution in [0.2, 0.25) is 0 Å². The molecule has 3 N–H and O–H groups in total. The first-order chi connectivity index (χ1) is 22.8. The molecule has 5 aliphatic rings. The summed E-state index contributed by atoms with van der Waals surface area (Å²) in [5.74, 6) is -2.47. The summed E-state index contributed by atoms with van der Waals surface area (Å²) >= 11 is 0. The Morgan fingerprint density at radius 1 is 0.918 bits per heavy atom. The summed E-state index contributed by atoms with van der Waals surface area (Å²) < 4.78 is 44.9. The molecule has 5 aliphatic heterocycles. The normalized spacial score (nSPS) is 48.8. The minimum atomic E-state index is -1.72. The maximum Gasteiger partial charge on any atom is 0.311 e. The van der Waals surface area contributed by atoms with Crippen LogP contribution >= 0.6 is 0 Å². The number of hydrogen-bond donors (Lipinski definition) is 3. The number of ether oxygens (including phenoxy) is 7. The molecule has 0 aromatic heterocycles. The fourth-order valence-corrected chi connectivity index (χ4v) is 9.06. The van der Waals surface area contributed by atoms with Crippen molar-refractivity contribution in [2.75, 3.05) is 21.2 Å². The van der Waals surface area contributed by atoms with Crippen LogP contribution in [0.5, 0.6) is 0 Å². The molecule has 5 heterocycles. The van der Waals surface area contributed by atoms with E-state index in [9.17, 15) is 20.1 Å². The van der Waals surface area contributed by atoms with E-state index in [0.717, 1.165) is 0 Å². The molecule has 0 aromatic carbocycles. The number of esters is 1. The number of nitrogens with zero attached hydrogens (tertiary/aromatic N) is 1. The van der Waals surface area contributed by atoms with Crippen molar-refractivity contribution < 1.29 is 53.3 Å². The molecular weight excluding hydrogens is 634 g/mol. The standard InChI is InChI=1S/C37H67NO11/c1-14-26(39)37(10,42)33-23(7)31-21(5)29(47-31)20(4)30(48-35-28(40)25(38(11)12)15-18(2)45-35)22(6)32(24(8)34(41)49-33)46-27-17-36(9,43-13)16-19(3)44-27/h18-33,35,39-40,42H,14-17H2,1-13H3/t18-,19+,20+,21-,22-,23+,24+,25+,26-,27?,28-,29-,30+,31-,32-,33?,35+,36+,37-/m1/s1. The minimum absolute atomic E-state index is 0.00544. The lowest BCUT2D eigenvalue weighted by Gasteiger charge is -2.55. The Bertz CT molecular complexity index is 1090. The lowest BCUT2D eigenvalue weighted by atomic mass is 9.70. The molecule has 5 saturated heterocycles. The largest absolute Gasteiger partial charge is 0.459 e. The number of fused-ring (bicyclic) bond motifs is 8. The summed E-state index contributed by atoms with van der Waals surface area (Å²) in [6.07, 6.45) is -4.78. The van der Waals surface area contributed by atoms with E-state index < -0.39 is 78.0 Å². The van der Waals surface area contributed by atoms with Gasteiger partial charge in [0.15, 0.2) is 12.6 Å². The van der Waals surface area contributed by atoms with Gasteiger partial charge in [-0.05, 0) is 61.6 Å². The van der Waals surface area contributed by atoms with Crippen molar-refractivity contribution in [1.29, 1.82) is 0 Å². The van der Waals surface area contributed by atoms with Gasteiger partial charge in [-0.1, -0.05) is 34.6 Å². The Balaban J connectivity index is 1.76. The van der Waals surface area contributed by atoms with E-state index in [0.29, 0.717) is 19.3 Å². The molecule has 0 aliphatic carbocycles. The Kier molecular flexibility index (Phi) is 13.3. The second kappa shape index (κ2) is 16.0. The van der Waals surface area contributed by atoms with E-state index in [1.807, 2.05) is 53.6 Å². The van der Waals surface area contributed by atoms with E-state index >= 15 is 0 Å². The molecule has 2 bridgehead atoms. The molecular formula is C37H67NO11. The quantitative estimate of drug-likeness (QED) is 0.303. The predicted molar refractivity (Wildman–Crippen MR) is 182 cm³/mol. The molecule has 0 saturated carbocycles. The van der Waals surface area contributed by atoms with Crippen LogP contribution in [0.4, 0.5) is 0 Å². The third-order valence-corrected chi connectivity index (χ3v) is 12.2. The van der Waals surface area contributed by atoms with Gasteiger partial charge in [0.25, 0.3) is 0 Å². The van der Waals surface area contributed by atoms with E-state index in [1.165, 1.54) is 6.92 Å². The summed E-state index contributed by atoms with van der Waals surface area (Å²) in [6.45, 7) is 19.1. The molecule has 12 nitrogen and oxygen atoms in total. The van der Waals surface area contributed by atoms with Crippen LogP contribution in [-0.4, -0.2) is 132 Å². The maximum atomic E-state index is 14.3. The van der Waals surface area contributed by atoms with Gasteiger partial charge in [-0.15, -0.1) is 0 Å². The number of carbonyl (C=O) groups is 1. The van der Waals surface area contributed by atoms with Gasteiger partial charge in [0.05, 0.1) is 54.2 Å². The number of hydrogen-bond acceptors (Lipinski definition) is 12. The zero-order valence-corrected chi connectivity index (χ0v) is 32.2. The van der Waals surface area contributed by atoms with Crippen molar-refractivity contribution in [3.05, 3.63) is 0 Å². The molecule has 0 aromatic rings. The minimum Gasteiger partial charge on any atom is -0.459 e. The highest BCUT2D eigenvalue weighted by atomic mass is 16.7. The second-order valence-corrected chi connectivity index (χ2v) is 16.5. The summed E-state index contributed by atoms with van der Waals surface area (Å²) in [7, 11) is 5.56. The number of aliphatic hydroxyl groups excluding tert-OH is 2. The fraction of sp³-hybridized carbons (Fsp3) is 0.973. The highest BCUT2D eigenvalue weighted by Gasteiger charge is 2.56. The SMILES string of the molecule is CC[C@@H](O)[C@@](C)(O)C1OC(=O)[C@@H](C)[C@H](OC2C[C@@](C)(OC)C[C@H](C)O2)[C@H](C)[C@@H](O[C@@H]2O[C@H](C)C[C@H](N(C)C)[C@H]2O)[C@@H](C)[C@H]2O[C@H]([C@@H]2C)[C@@H]1C. The van der Waals surface area contributed by atoms with Crippen molar-refractivity contribution in [2.45, 2.75) is 180 Å². The van der Waals surface area contributed by atoms with E-state index in [4.69, 9.17) is 33.2 Å². The van der Waals surface area contributed by atoms with E-state index in [1.54, 1.807) is 21.0 Å². The van der Waals surface area contributed by atoms with Gasteiger partial charge in [-0.25, -0.2) is 0 Å². The van der Waals surface area contributed by atoms with E-state index in [2.05, 4.69) is 13.8 Å². The Morgan fingerprint density at radius 2 is 1.55 bits per heavy atom. The Labute approximate surface area is 294 Å². The van der Waals surface area contributed by atoms with Crippen LogP contribution in [0.1, 0.15) is 94.9 Å². The average Bonchev–Trinajstić information content (AvgIpc) is 3.03. The third kappa shape index (κ3) is 8.50. The highest BCUT2D eigenvalue weighted by Crippen LogP contribution is 2.46. The molecule has 2 unspecified atom stereocenters. The molecule has 0 spiro atoms. The number of rotatable bonds is 9. The van der Waals surface area contributed by atoms with Gasteiger partial charge in [0, 0.05) is 49.7 Å². The monoisotopic (exact) mass is 701 g/mol. The number of likely N-dealkylation sites (N-methyl/N-ethyl adjacent to an activating group) is 1. The zero-order valence-electron chi connectivity index (χ0n) is 32.2. The first-order valence-electron chi connectivity index (χ1n) is 18.5. The number of carbonyl (C=O) groups excluding carboxylic acids is 1. The molecule has 0 radical (unpaired) electrons. The summed E-state index contributed by atoms with van der Waals surface area (Å²) in [6, 6.07) is -0.164. The number of aliphatic hydroxyl groups is 3. The van der Waals surface area contributed by atoms with Crippen LogP contribution in [0.3, 0.4) is 0 Å². The maximum absolute atomic E-state index is 14.3. The summed E-state index contributed by atoms with van der Waals surface area (Å²) in [4.78, 5) is 16.3. The molecule has 5 rings (SSSR count). The predicted octanol–water partition coefficient (Wildman–Crippen LogP) is 3.51. The lowest BCUT2D eigenvalue weighted by Crippen LogP contribution is -2.64. The molecule has 19 atom stereocenters. The van der Waals surface area contributed by atoms with Crippen molar-refractivity contribution >= 4 is 5.97 Å².